The van der Waals surface area contributed by atoms with Crippen molar-refractivity contribution in [3.05, 3.63) is 35.6 Å². The summed E-state index contributed by atoms with van der Waals surface area (Å²) < 4.78 is 19.3. The van der Waals surface area contributed by atoms with Crippen LogP contribution < -0.4 is 10.6 Å². The summed E-state index contributed by atoms with van der Waals surface area (Å²) in [6.45, 7) is 7.50. The van der Waals surface area contributed by atoms with Gasteiger partial charge in [0.05, 0.1) is 13.2 Å². The Morgan fingerprint density at radius 1 is 1.27 bits per heavy atom. The van der Waals surface area contributed by atoms with E-state index in [1.54, 1.807) is 6.07 Å². The number of guanidine groups is 1. The second-order valence-electron chi connectivity index (χ2n) is 5.58. The summed E-state index contributed by atoms with van der Waals surface area (Å²) >= 11 is 0. The van der Waals surface area contributed by atoms with Crippen molar-refractivity contribution in [2.75, 3.05) is 32.8 Å². The maximum atomic E-state index is 14.0. The molecule has 0 radical (unpaired) electrons. The lowest BCUT2D eigenvalue weighted by atomic mass is 9.95. The Hall–Kier alpha value is -1.62. The average molecular weight is 307 g/mol. The molecule has 0 spiro atoms. The zero-order chi connectivity index (χ0) is 15.8. The van der Waals surface area contributed by atoms with E-state index in [1.807, 2.05) is 26.0 Å². The van der Waals surface area contributed by atoms with E-state index in [1.165, 1.54) is 6.07 Å². The van der Waals surface area contributed by atoms with Crippen molar-refractivity contribution in [1.29, 1.82) is 0 Å². The fourth-order valence-corrected chi connectivity index (χ4v) is 2.51. The highest BCUT2D eigenvalue weighted by Gasteiger charge is 2.45. The zero-order valence-corrected chi connectivity index (χ0v) is 13.5. The summed E-state index contributed by atoms with van der Waals surface area (Å²) in [7, 11) is 0. The van der Waals surface area contributed by atoms with Gasteiger partial charge in [-0.1, -0.05) is 18.2 Å². The minimum Gasteiger partial charge on any atom is -0.380 e. The third-order valence-corrected chi connectivity index (χ3v) is 3.93. The van der Waals surface area contributed by atoms with E-state index in [4.69, 9.17) is 4.74 Å². The molecule has 1 aromatic carbocycles. The molecular formula is C17H26FN3O. The molecule has 4 nitrogen and oxygen atoms in total. The van der Waals surface area contributed by atoms with E-state index >= 15 is 0 Å². The van der Waals surface area contributed by atoms with Crippen molar-refractivity contribution in [2.24, 2.45) is 4.99 Å². The number of rotatable bonds is 8. The van der Waals surface area contributed by atoms with Gasteiger partial charge in [-0.05, 0) is 38.3 Å². The maximum absolute atomic E-state index is 14.0. The number of ether oxygens (including phenoxy) is 1. The summed E-state index contributed by atoms with van der Waals surface area (Å²) in [6, 6.07) is 7.04. The molecule has 1 fully saturated rings. The lowest BCUT2D eigenvalue weighted by Crippen LogP contribution is -2.39. The number of benzene rings is 1. The number of nitrogens with zero attached hydrogens (tertiary/aromatic N) is 1. The van der Waals surface area contributed by atoms with Crippen molar-refractivity contribution >= 4 is 5.96 Å². The first-order valence-corrected chi connectivity index (χ1v) is 8.07. The molecule has 1 aromatic rings. The zero-order valence-electron chi connectivity index (χ0n) is 13.5. The summed E-state index contributed by atoms with van der Waals surface area (Å²) in [4.78, 5) is 4.63. The van der Waals surface area contributed by atoms with E-state index in [0.29, 0.717) is 26.3 Å². The van der Waals surface area contributed by atoms with Gasteiger partial charge in [-0.3, -0.25) is 4.99 Å². The van der Waals surface area contributed by atoms with Crippen LogP contribution in [-0.4, -0.2) is 38.8 Å². The Kier molecular flexibility index (Phi) is 6.19. The molecule has 122 valence electrons. The lowest BCUT2D eigenvalue weighted by molar-refractivity contribution is 0.152. The molecule has 0 unspecified atom stereocenters. The molecule has 0 atom stereocenters. The third-order valence-electron chi connectivity index (χ3n) is 3.93. The second-order valence-corrected chi connectivity index (χ2v) is 5.58. The van der Waals surface area contributed by atoms with E-state index in [-0.39, 0.29) is 11.2 Å². The molecule has 0 aromatic heterocycles. The molecule has 1 aliphatic carbocycles. The molecule has 22 heavy (non-hydrogen) atoms. The van der Waals surface area contributed by atoms with Crippen LogP contribution in [-0.2, 0) is 10.2 Å². The highest BCUT2D eigenvalue weighted by Crippen LogP contribution is 2.49. The van der Waals surface area contributed by atoms with Gasteiger partial charge in [0, 0.05) is 25.1 Å². The number of halogens is 1. The summed E-state index contributed by atoms with van der Waals surface area (Å²) in [5.74, 6) is 0.648. The standard InChI is InChI=1S/C17H26FN3O/c1-3-19-16(20-11-12-22-4-2)21-13-17(9-10-17)14-7-5-6-8-15(14)18/h5-8H,3-4,9-13H2,1-2H3,(H2,19,20,21). The topological polar surface area (TPSA) is 45.7 Å². The molecule has 0 amide bonds. The molecule has 2 rings (SSSR count). The Morgan fingerprint density at radius 2 is 2.05 bits per heavy atom. The summed E-state index contributed by atoms with van der Waals surface area (Å²) in [5.41, 5.74) is 0.678. The summed E-state index contributed by atoms with van der Waals surface area (Å²) in [6.07, 6.45) is 1.99. The van der Waals surface area contributed by atoms with Crippen LogP contribution in [0.4, 0.5) is 4.39 Å². The van der Waals surface area contributed by atoms with Crippen molar-refractivity contribution in [3.8, 4) is 0 Å². The second kappa shape index (κ2) is 8.13. The summed E-state index contributed by atoms with van der Waals surface area (Å²) in [5, 5.41) is 6.46. The first-order chi connectivity index (χ1) is 10.7. The van der Waals surface area contributed by atoms with E-state index in [0.717, 1.165) is 30.9 Å². The minimum absolute atomic E-state index is 0.117. The molecule has 0 heterocycles. The number of nitrogens with one attached hydrogen (secondary N) is 2. The van der Waals surface area contributed by atoms with Crippen LogP contribution in [0.5, 0.6) is 0 Å². The molecular weight excluding hydrogens is 281 g/mol. The Balaban J connectivity index is 1.96. The number of aliphatic imine (C=N–C) groups is 1. The number of hydrogen-bond acceptors (Lipinski definition) is 2. The molecule has 0 aliphatic heterocycles. The van der Waals surface area contributed by atoms with Gasteiger partial charge < -0.3 is 15.4 Å². The van der Waals surface area contributed by atoms with Gasteiger partial charge in [0.1, 0.15) is 5.82 Å². The third kappa shape index (κ3) is 4.44. The van der Waals surface area contributed by atoms with Crippen LogP contribution in [0.25, 0.3) is 0 Å². The first kappa shape index (κ1) is 16.7. The highest BCUT2D eigenvalue weighted by molar-refractivity contribution is 5.79. The van der Waals surface area contributed by atoms with Crippen molar-refractivity contribution in [3.63, 3.8) is 0 Å². The predicted octanol–water partition coefficient (Wildman–Crippen LogP) is 2.45. The van der Waals surface area contributed by atoms with Crippen LogP contribution in [0, 0.1) is 5.82 Å². The molecule has 0 bridgehead atoms. The van der Waals surface area contributed by atoms with Gasteiger partial charge in [0.2, 0.25) is 0 Å². The minimum atomic E-state index is -0.121. The van der Waals surface area contributed by atoms with Gasteiger partial charge in [0.25, 0.3) is 0 Å². The van der Waals surface area contributed by atoms with Gasteiger partial charge in [-0.25, -0.2) is 4.39 Å². The fraction of sp³-hybridized carbons (Fsp3) is 0.588. The van der Waals surface area contributed by atoms with Crippen LogP contribution >= 0.6 is 0 Å². The smallest absolute Gasteiger partial charge is 0.191 e. The van der Waals surface area contributed by atoms with Gasteiger partial charge >= 0.3 is 0 Å². The predicted molar refractivity (Wildman–Crippen MR) is 87.8 cm³/mol. The van der Waals surface area contributed by atoms with Crippen LogP contribution in [0.15, 0.2) is 29.3 Å². The van der Waals surface area contributed by atoms with Crippen molar-refractivity contribution in [1.82, 2.24) is 10.6 Å². The van der Waals surface area contributed by atoms with Gasteiger partial charge in [0.15, 0.2) is 5.96 Å². The van der Waals surface area contributed by atoms with E-state index in [2.05, 4.69) is 15.6 Å². The molecule has 1 aliphatic rings. The molecule has 0 saturated heterocycles. The first-order valence-electron chi connectivity index (χ1n) is 8.07. The quantitative estimate of drug-likeness (QED) is 0.440. The molecule has 2 N–H and O–H groups in total. The van der Waals surface area contributed by atoms with Crippen LogP contribution in [0.2, 0.25) is 0 Å². The highest BCUT2D eigenvalue weighted by atomic mass is 19.1. The van der Waals surface area contributed by atoms with E-state index in [9.17, 15) is 4.39 Å². The Morgan fingerprint density at radius 3 is 2.68 bits per heavy atom. The van der Waals surface area contributed by atoms with Gasteiger partial charge in [-0.2, -0.15) is 0 Å². The Bertz CT molecular complexity index is 500. The average Bonchev–Trinajstić information content (AvgIpc) is 3.30. The largest absolute Gasteiger partial charge is 0.380 e. The molecule has 1 saturated carbocycles. The number of hydrogen-bond donors (Lipinski definition) is 2. The van der Waals surface area contributed by atoms with E-state index < -0.39 is 0 Å². The van der Waals surface area contributed by atoms with Crippen LogP contribution in [0.3, 0.4) is 0 Å². The Labute approximate surface area is 132 Å². The van der Waals surface area contributed by atoms with Crippen LogP contribution in [0.1, 0.15) is 32.3 Å². The lowest BCUT2D eigenvalue weighted by Gasteiger charge is -2.16. The van der Waals surface area contributed by atoms with Crippen molar-refractivity contribution in [2.45, 2.75) is 32.1 Å². The van der Waals surface area contributed by atoms with Gasteiger partial charge in [-0.15, -0.1) is 0 Å². The normalized spacial score (nSPS) is 16.4. The fourth-order valence-electron chi connectivity index (χ4n) is 2.51. The molecule has 5 heteroatoms. The van der Waals surface area contributed by atoms with Crippen molar-refractivity contribution < 1.29 is 9.13 Å². The monoisotopic (exact) mass is 307 g/mol. The maximum Gasteiger partial charge on any atom is 0.191 e. The SMILES string of the molecule is CCNC(=NCC1(c2ccccc2F)CC1)NCCOCC.